The molecule has 0 aromatic carbocycles. The van der Waals surface area contributed by atoms with Gasteiger partial charge in [-0.05, 0) is 15.9 Å². The molecule has 84 valence electrons. The van der Waals surface area contributed by atoms with Crippen LogP contribution < -0.4 is 10.9 Å². The van der Waals surface area contributed by atoms with Crippen molar-refractivity contribution in [2.24, 2.45) is 5.14 Å². The zero-order valence-corrected chi connectivity index (χ0v) is 9.52. The fraction of sp³-hybridized carbons (Fsp3) is 0.167. The van der Waals surface area contributed by atoms with Crippen LogP contribution in [0.1, 0.15) is 12.0 Å². The third kappa shape index (κ3) is 2.41. The van der Waals surface area contributed by atoms with Crippen LogP contribution in [-0.2, 0) is 10.0 Å². The summed E-state index contributed by atoms with van der Waals surface area (Å²) < 4.78 is 46.6. The minimum atomic E-state index is -4.19. The molecule has 4 N–H and O–H groups in total. The van der Waals surface area contributed by atoms with E-state index in [1.807, 2.05) is 0 Å². The Morgan fingerprint density at radius 2 is 2.00 bits per heavy atom. The number of halogens is 3. The molecule has 0 aliphatic carbocycles. The number of sulfonamides is 1. The molecule has 9 heteroatoms. The molecular weight excluding hydrogens is 296 g/mol. The largest absolute Gasteiger partial charge is 0.397 e. The number of alkyl halides is 2. The molecule has 0 aliphatic heterocycles. The second-order valence-electron chi connectivity index (χ2n) is 2.59. The first kappa shape index (κ1) is 12.3. The van der Waals surface area contributed by atoms with Crippen molar-refractivity contribution >= 4 is 31.6 Å². The van der Waals surface area contributed by atoms with Gasteiger partial charge in [-0.15, -0.1) is 0 Å². The van der Waals surface area contributed by atoms with Crippen LogP contribution >= 0.6 is 15.9 Å². The number of pyridine rings is 1. The number of primary sulfonamides is 1. The van der Waals surface area contributed by atoms with Crippen molar-refractivity contribution in [3.63, 3.8) is 0 Å². The van der Waals surface area contributed by atoms with E-state index in [4.69, 9.17) is 10.9 Å². The number of hydrogen-bond donors (Lipinski definition) is 2. The lowest BCUT2D eigenvalue weighted by Gasteiger charge is -2.09. The third-order valence-corrected chi connectivity index (χ3v) is 3.43. The van der Waals surface area contributed by atoms with Crippen LogP contribution in [0.5, 0.6) is 0 Å². The normalized spacial score (nSPS) is 12.1. The van der Waals surface area contributed by atoms with Gasteiger partial charge in [-0.3, -0.25) is 0 Å². The first-order valence-corrected chi connectivity index (χ1v) is 5.84. The predicted molar refractivity (Wildman–Crippen MR) is 52.7 cm³/mol. The number of nitrogen functional groups attached to an aromatic ring is 1. The van der Waals surface area contributed by atoms with Gasteiger partial charge < -0.3 is 5.73 Å². The summed E-state index contributed by atoms with van der Waals surface area (Å²) in [4.78, 5) is 2.80. The number of hydrogen-bond acceptors (Lipinski definition) is 4. The molecule has 1 heterocycles. The summed E-state index contributed by atoms with van der Waals surface area (Å²) in [6.45, 7) is 0. The molecule has 0 fully saturated rings. The average molecular weight is 302 g/mol. The summed E-state index contributed by atoms with van der Waals surface area (Å²) in [7, 11) is -4.19. The van der Waals surface area contributed by atoms with Gasteiger partial charge in [0.05, 0.1) is 11.3 Å². The maximum Gasteiger partial charge on any atom is 0.267 e. The Balaban J connectivity index is 3.59. The molecule has 0 atom stereocenters. The Hall–Kier alpha value is -0.800. The first-order valence-electron chi connectivity index (χ1n) is 3.50. The van der Waals surface area contributed by atoms with Crippen LogP contribution in [0.15, 0.2) is 15.7 Å². The van der Waals surface area contributed by atoms with E-state index in [1.165, 1.54) is 0 Å². The third-order valence-electron chi connectivity index (χ3n) is 1.58. The van der Waals surface area contributed by atoms with Gasteiger partial charge in [0, 0.05) is 6.20 Å². The summed E-state index contributed by atoms with van der Waals surface area (Å²) in [5.74, 6) is 0. The summed E-state index contributed by atoms with van der Waals surface area (Å²) in [6, 6.07) is 0. The van der Waals surface area contributed by atoms with Crippen LogP contribution in [0, 0.1) is 0 Å². The summed E-state index contributed by atoms with van der Waals surface area (Å²) in [5, 5.41) is 4.80. The average Bonchev–Trinajstić information content (AvgIpc) is 2.00. The Labute approximate surface area is 92.7 Å². The lowest BCUT2D eigenvalue weighted by atomic mass is 10.2. The van der Waals surface area contributed by atoms with Crippen molar-refractivity contribution in [1.82, 2.24) is 4.98 Å². The molecule has 0 spiro atoms. The first-order chi connectivity index (χ1) is 6.75. The van der Waals surface area contributed by atoms with Gasteiger partial charge in [-0.1, -0.05) is 0 Å². The highest BCUT2D eigenvalue weighted by atomic mass is 79.9. The number of anilines is 1. The zero-order valence-electron chi connectivity index (χ0n) is 7.12. The van der Waals surface area contributed by atoms with Crippen molar-refractivity contribution < 1.29 is 17.2 Å². The lowest BCUT2D eigenvalue weighted by molar-refractivity contribution is 0.151. The number of aromatic nitrogens is 1. The number of rotatable bonds is 2. The van der Waals surface area contributed by atoms with Crippen LogP contribution in [0.2, 0.25) is 0 Å². The van der Waals surface area contributed by atoms with Crippen molar-refractivity contribution in [1.29, 1.82) is 0 Å². The molecule has 0 radical (unpaired) electrons. The maximum absolute atomic E-state index is 12.4. The molecule has 0 saturated heterocycles. The monoisotopic (exact) mass is 301 g/mol. The quantitative estimate of drug-likeness (QED) is 0.796. The molecule has 1 aromatic rings. The van der Waals surface area contributed by atoms with Gasteiger partial charge in [0.25, 0.3) is 6.43 Å². The smallest absolute Gasteiger partial charge is 0.267 e. The molecular formula is C6H6BrF2N3O2S. The summed E-state index contributed by atoms with van der Waals surface area (Å²) in [6.07, 6.45) is -2.12. The van der Waals surface area contributed by atoms with Crippen LogP contribution in [0.3, 0.4) is 0 Å². The molecule has 0 unspecified atom stereocenters. The van der Waals surface area contributed by atoms with Crippen molar-refractivity contribution in [2.45, 2.75) is 11.3 Å². The highest BCUT2D eigenvalue weighted by molar-refractivity contribution is 9.10. The number of nitrogens with two attached hydrogens (primary N) is 2. The molecule has 1 aromatic heterocycles. The molecule has 1 rings (SSSR count). The van der Waals surface area contributed by atoms with E-state index < -0.39 is 32.6 Å². The molecule has 0 saturated carbocycles. The molecule has 0 aliphatic rings. The van der Waals surface area contributed by atoms with E-state index in [9.17, 15) is 17.2 Å². The molecule has 0 amide bonds. The van der Waals surface area contributed by atoms with Gasteiger partial charge in [-0.2, -0.15) is 0 Å². The Bertz CT molecular complexity index is 491. The Morgan fingerprint density at radius 1 is 1.47 bits per heavy atom. The Kier molecular flexibility index (Phi) is 3.26. The zero-order chi connectivity index (χ0) is 11.8. The van der Waals surface area contributed by atoms with Gasteiger partial charge >= 0.3 is 0 Å². The second-order valence-corrected chi connectivity index (χ2v) is 4.84. The van der Waals surface area contributed by atoms with E-state index in [0.717, 1.165) is 6.20 Å². The summed E-state index contributed by atoms with van der Waals surface area (Å²) in [5.41, 5.74) is 4.01. The van der Waals surface area contributed by atoms with Crippen LogP contribution in [0.25, 0.3) is 0 Å². The van der Waals surface area contributed by atoms with Gasteiger partial charge in [0.2, 0.25) is 10.0 Å². The fourth-order valence-electron chi connectivity index (χ4n) is 0.941. The summed E-state index contributed by atoms with van der Waals surface area (Å²) >= 11 is 2.77. The standard InChI is InChI=1S/C6H6BrF2N3O2S/c7-5-4(15(11,13)14)3(10)2(1-12-5)6(8)9/h1,6H,(H2,10,12)(H2,11,13,14). The second kappa shape index (κ2) is 3.99. The van der Waals surface area contributed by atoms with E-state index in [1.54, 1.807) is 0 Å². The van der Waals surface area contributed by atoms with Crippen molar-refractivity contribution in [3.8, 4) is 0 Å². The highest BCUT2D eigenvalue weighted by Gasteiger charge is 2.23. The van der Waals surface area contributed by atoms with Crippen LogP contribution in [0.4, 0.5) is 14.5 Å². The van der Waals surface area contributed by atoms with Crippen LogP contribution in [-0.4, -0.2) is 13.4 Å². The minimum Gasteiger partial charge on any atom is -0.397 e. The predicted octanol–water partition coefficient (Wildman–Crippen LogP) is 1.01. The molecule has 5 nitrogen and oxygen atoms in total. The number of nitrogens with zero attached hydrogens (tertiary/aromatic N) is 1. The highest BCUT2D eigenvalue weighted by Crippen LogP contribution is 2.32. The van der Waals surface area contributed by atoms with Crippen molar-refractivity contribution in [2.75, 3.05) is 5.73 Å². The van der Waals surface area contributed by atoms with Gasteiger partial charge in [-0.25, -0.2) is 27.3 Å². The van der Waals surface area contributed by atoms with E-state index in [0.29, 0.717) is 0 Å². The SMILES string of the molecule is Nc1c(C(F)F)cnc(Br)c1S(N)(=O)=O. The van der Waals surface area contributed by atoms with Crippen molar-refractivity contribution in [3.05, 3.63) is 16.4 Å². The topological polar surface area (TPSA) is 99.1 Å². The van der Waals surface area contributed by atoms with Gasteiger partial charge in [0.1, 0.15) is 9.50 Å². The Morgan fingerprint density at radius 3 is 2.40 bits per heavy atom. The molecule has 0 bridgehead atoms. The molecule has 15 heavy (non-hydrogen) atoms. The fourth-order valence-corrected chi connectivity index (χ4v) is 2.65. The van der Waals surface area contributed by atoms with E-state index in [2.05, 4.69) is 20.9 Å². The van der Waals surface area contributed by atoms with E-state index >= 15 is 0 Å². The van der Waals surface area contributed by atoms with Gasteiger partial charge in [0.15, 0.2) is 0 Å². The van der Waals surface area contributed by atoms with E-state index in [-0.39, 0.29) is 4.60 Å². The minimum absolute atomic E-state index is 0.188. The lowest BCUT2D eigenvalue weighted by Crippen LogP contribution is -2.17. The maximum atomic E-state index is 12.4.